The lowest BCUT2D eigenvalue weighted by Crippen LogP contribution is -2.28. The van der Waals surface area contributed by atoms with E-state index < -0.39 is 0 Å². The van der Waals surface area contributed by atoms with Crippen molar-refractivity contribution in [2.24, 2.45) is 0 Å². The van der Waals surface area contributed by atoms with Crippen molar-refractivity contribution >= 4 is 17.6 Å². The summed E-state index contributed by atoms with van der Waals surface area (Å²) in [6.07, 6.45) is 3.02. The maximum atomic E-state index is 11.2. The number of aromatic nitrogens is 2. The fourth-order valence-corrected chi connectivity index (χ4v) is 1.11. The molecule has 6 heteroatoms. The first-order valence-corrected chi connectivity index (χ1v) is 4.58. The van der Waals surface area contributed by atoms with Crippen molar-refractivity contribution in [3.8, 4) is 0 Å². The number of hydrogen-bond acceptors (Lipinski definition) is 6. The Morgan fingerprint density at radius 1 is 1.53 bits per heavy atom. The van der Waals surface area contributed by atoms with Gasteiger partial charge in [-0.05, 0) is 6.92 Å². The monoisotopic (exact) mass is 210 g/mol. The molecule has 1 rings (SSSR count). The van der Waals surface area contributed by atoms with E-state index in [1.165, 1.54) is 12.4 Å². The Morgan fingerprint density at radius 3 is 2.80 bits per heavy atom. The maximum Gasteiger partial charge on any atom is 0.325 e. The number of esters is 1. The molecule has 1 aromatic rings. The summed E-state index contributed by atoms with van der Waals surface area (Å²) >= 11 is 0. The van der Waals surface area contributed by atoms with E-state index >= 15 is 0 Å². The Bertz CT molecular complexity index is 343. The van der Waals surface area contributed by atoms with Crippen LogP contribution in [0.3, 0.4) is 0 Å². The molecule has 6 nitrogen and oxygen atoms in total. The molecule has 0 fully saturated rings. The molecule has 1 heterocycles. The molecule has 0 aliphatic rings. The average Bonchev–Trinajstić information content (AvgIpc) is 2.18. The van der Waals surface area contributed by atoms with Gasteiger partial charge in [-0.2, -0.15) is 0 Å². The molecule has 82 valence electrons. The highest BCUT2D eigenvalue weighted by molar-refractivity contribution is 5.76. The third-order valence-corrected chi connectivity index (χ3v) is 1.74. The van der Waals surface area contributed by atoms with Gasteiger partial charge in [0.05, 0.1) is 6.61 Å². The van der Waals surface area contributed by atoms with E-state index in [1.807, 2.05) is 0 Å². The van der Waals surface area contributed by atoms with Gasteiger partial charge >= 0.3 is 5.97 Å². The molecule has 0 saturated heterocycles. The summed E-state index contributed by atoms with van der Waals surface area (Å²) in [5.74, 6) is 0.458. The van der Waals surface area contributed by atoms with Crippen molar-refractivity contribution in [2.75, 3.05) is 30.8 Å². The maximum absolute atomic E-state index is 11.2. The van der Waals surface area contributed by atoms with Gasteiger partial charge in [0.2, 0.25) is 0 Å². The summed E-state index contributed by atoms with van der Waals surface area (Å²) < 4.78 is 4.80. The number of rotatable bonds is 4. The Hall–Kier alpha value is -1.85. The highest BCUT2D eigenvalue weighted by atomic mass is 16.5. The fraction of sp³-hybridized carbons (Fsp3) is 0.444. The van der Waals surface area contributed by atoms with E-state index in [1.54, 1.807) is 18.9 Å². The molecule has 0 spiro atoms. The van der Waals surface area contributed by atoms with Crippen LogP contribution < -0.4 is 10.6 Å². The predicted molar refractivity (Wildman–Crippen MR) is 56.3 cm³/mol. The molecule has 15 heavy (non-hydrogen) atoms. The quantitative estimate of drug-likeness (QED) is 0.707. The molecule has 0 aliphatic carbocycles. The van der Waals surface area contributed by atoms with Crippen LogP contribution in [0.25, 0.3) is 0 Å². The highest BCUT2D eigenvalue weighted by Crippen LogP contribution is 2.14. The minimum Gasteiger partial charge on any atom is -0.465 e. The number of ether oxygens (including phenoxy) is 1. The fourth-order valence-electron chi connectivity index (χ4n) is 1.11. The van der Waals surface area contributed by atoms with Gasteiger partial charge in [-0.3, -0.25) is 4.79 Å². The third kappa shape index (κ3) is 3.08. The smallest absolute Gasteiger partial charge is 0.325 e. The van der Waals surface area contributed by atoms with Crippen molar-refractivity contribution in [2.45, 2.75) is 6.92 Å². The van der Waals surface area contributed by atoms with Gasteiger partial charge in [0.25, 0.3) is 0 Å². The SMILES string of the molecule is CCOC(=O)CN(C)c1nccnc1N. The van der Waals surface area contributed by atoms with E-state index in [9.17, 15) is 4.79 Å². The zero-order chi connectivity index (χ0) is 11.3. The molecule has 0 aliphatic heterocycles. The second kappa shape index (κ2) is 5.14. The summed E-state index contributed by atoms with van der Waals surface area (Å²) in [4.78, 5) is 20.7. The Morgan fingerprint density at radius 2 is 2.20 bits per heavy atom. The van der Waals surface area contributed by atoms with Crippen molar-refractivity contribution in [3.63, 3.8) is 0 Å². The second-order valence-corrected chi connectivity index (χ2v) is 2.93. The van der Waals surface area contributed by atoms with Crippen molar-refractivity contribution in [1.82, 2.24) is 9.97 Å². The first-order chi connectivity index (χ1) is 7.15. The van der Waals surface area contributed by atoms with Gasteiger partial charge in [0.15, 0.2) is 11.6 Å². The number of nitrogens with two attached hydrogens (primary N) is 1. The second-order valence-electron chi connectivity index (χ2n) is 2.93. The van der Waals surface area contributed by atoms with Crippen LogP contribution in [-0.2, 0) is 9.53 Å². The first-order valence-electron chi connectivity index (χ1n) is 4.58. The molecule has 0 unspecified atom stereocenters. The van der Waals surface area contributed by atoms with Crippen LogP contribution in [0, 0.1) is 0 Å². The van der Waals surface area contributed by atoms with Crippen LogP contribution in [0.15, 0.2) is 12.4 Å². The van der Waals surface area contributed by atoms with Crippen LogP contribution in [0.4, 0.5) is 11.6 Å². The predicted octanol–water partition coefficient (Wildman–Crippen LogP) is 0.0581. The average molecular weight is 210 g/mol. The molecule has 0 bridgehead atoms. The molecular formula is C9H14N4O2. The largest absolute Gasteiger partial charge is 0.465 e. The van der Waals surface area contributed by atoms with Crippen molar-refractivity contribution in [1.29, 1.82) is 0 Å². The zero-order valence-electron chi connectivity index (χ0n) is 8.80. The van der Waals surface area contributed by atoms with Gasteiger partial charge in [-0.15, -0.1) is 0 Å². The number of nitrogens with zero attached hydrogens (tertiary/aromatic N) is 3. The molecule has 0 saturated carbocycles. The van der Waals surface area contributed by atoms with Crippen LogP contribution in [0.5, 0.6) is 0 Å². The number of carbonyl (C=O) groups excluding carboxylic acids is 1. The van der Waals surface area contributed by atoms with Gasteiger partial charge in [-0.1, -0.05) is 0 Å². The van der Waals surface area contributed by atoms with E-state index in [0.717, 1.165) is 0 Å². The van der Waals surface area contributed by atoms with Crippen LogP contribution in [-0.4, -0.2) is 36.1 Å². The number of hydrogen-bond donors (Lipinski definition) is 1. The normalized spacial score (nSPS) is 9.73. The number of likely N-dealkylation sites (N-methyl/N-ethyl adjacent to an activating group) is 1. The summed E-state index contributed by atoms with van der Waals surface area (Å²) in [6, 6.07) is 0. The lowest BCUT2D eigenvalue weighted by Gasteiger charge is -2.17. The molecule has 0 radical (unpaired) electrons. The summed E-state index contributed by atoms with van der Waals surface area (Å²) in [5, 5.41) is 0. The Labute approximate surface area is 88.1 Å². The molecule has 0 amide bonds. The molecule has 0 atom stereocenters. The molecule has 2 N–H and O–H groups in total. The van der Waals surface area contributed by atoms with Gasteiger partial charge in [0.1, 0.15) is 6.54 Å². The number of carbonyl (C=O) groups is 1. The Kier molecular flexibility index (Phi) is 3.84. The number of anilines is 2. The Balaban J connectivity index is 2.65. The van der Waals surface area contributed by atoms with E-state index in [4.69, 9.17) is 10.5 Å². The summed E-state index contributed by atoms with van der Waals surface area (Å²) in [6.45, 7) is 2.23. The summed E-state index contributed by atoms with van der Waals surface area (Å²) in [5.41, 5.74) is 5.60. The van der Waals surface area contributed by atoms with E-state index in [0.29, 0.717) is 18.2 Å². The molecule has 0 aromatic carbocycles. The lowest BCUT2D eigenvalue weighted by atomic mass is 10.5. The lowest BCUT2D eigenvalue weighted by molar-refractivity contribution is -0.141. The minimum atomic E-state index is -0.315. The van der Waals surface area contributed by atoms with Crippen LogP contribution >= 0.6 is 0 Å². The van der Waals surface area contributed by atoms with E-state index in [2.05, 4.69) is 9.97 Å². The minimum absolute atomic E-state index is 0.108. The van der Waals surface area contributed by atoms with Crippen molar-refractivity contribution in [3.05, 3.63) is 12.4 Å². The topological polar surface area (TPSA) is 81.3 Å². The first kappa shape index (κ1) is 11.2. The zero-order valence-corrected chi connectivity index (χ0v) is 8.80. The van der Waals surface area contributed by atoms with Crippen LogP contribution in [0.2, 0.25) is 0 Å². The van der Waals surface area contributed by atoms with Gasteiger partial charge in [0, 0.05) is 19.4 Å². The van der Waals surface area contributed by atoms with Crippen molar-refractivity contribution < 1.29 is 9.53 Å². The highest BCUT2D eigenvalue weighted by Gasteiger charge is 2.11. The third-order valence-electron chi connectivity index (χ3n) is 1.74. The number of nitrogen functional groups attached to an aromatic ring is 1. The standard InChI is InChI=1S/C9H14N4O2/c1-3-15-7(14)6-13(2)9-8(10)11-4-5-12-9/h4-5H,3,6H2,1-2H3,(H2,10,11). The van der Waals surface area contributed by atoms with Crippen LogP contribution in [0.1, 0.15) is 6.92 Å². The molecular weight excluding hydrogens is 196 g/mol. The molecule has 1 aromatic heterocycles. The summed E-state index contributed by atoms with van der Waals surface area (Å²) in [7, 11) is 1.71. The van der Waals surface area contributed by atoms with Gasteiger partial charge in [-0.25, -0.2) is 9.97 Å². The van der Waals surface area contributed by atoms with E-state index in [-0.39, 0.29) is 12.5 Å². The van der Waals surface area contributed by atoms with Gasteiger partial charge < -0.3 is 15.4 Å².